The fourth-order valence-corrected chi connectivity index (χ4v) is 3.82. The van der Waals surface area contributed by atoms with Crippen LogP contribution in [-0.4, -0.2) is 41.5 Å². The molecule has 1 atom stereocenters. The van der Waals surface area contributed by atoms with E-state index >= 15 is 0 Å². The number of carbonyl (C=O) groups excluding carboxylic acids is 2. The van der Waals surface area contributed by atoms with Gasteiger partial charge >= 0.3 is 0 Å². The summed E-state index contributed by atoms with van der Waals surface area (Å²) in [6.07, 6.45) is 1.60. The number of Topliss-reactive ketones (excluding diaryl/α,β-unsaturated/α-hetero) is 1. The number of rotatable bonds is 10. The molecule has 0 saturated carbocycles. The highest BCUT2D eigenvalue weighted by Gasteiger charge is 2.45. The standard InChI is InChI=1S/C27H33NO5/c1-5-14-28-24(19-10-12-21(13-11-19)32-15-6-2)23(26(30)27(28)31)25(29)20-8-7-9-22(16-20)33-17-18(3)4/h7-13,16,18,24,29H,5-6,14-15,17H2,1-4H3/b25-23-. The van der Waals surface area contributed by atoms with Crippen molar-refractivity contribution in [2.24, 2.45) is 5.92 Å². The summed E-state index contributed by atoms with van der Waals surface area (Å²) in [6, 6.07) is 13.7. The molecule has 176 valence electrons. The van der Waals surface area contributed by atoms with E-state index < -0.39 is 17.7 Å². The molecule has 0 spiro atoms. The number of likely N-dealkylation sites (tertiary alicyclic amines) is 1. The quantitative estimate of drug-likeness (QED) is 0.300. The molecule has 1 heterocycles. The Balaban J connectivity index is 2.03. The van der Waals surface area contributed by atoms with Gasteiger partial charge in [-0.3, -0.25) is 9.59 Å². The Morgan fingerprint density at radius 1 is 1.00 bits per heavy atom. The number of carbonyl (C=O) groups is 2. The zero-order valence-corrected chi connectivity index (χ0v) is 19.8. The minimum absolute atomic E-state index is 0.0942. The van der Waals surface area contributed by atoms with Crippen molar-refractivity contribution in [1.82, 2.24) is 4.90 Å². The van der Waals surface area contributed by atoms with E-state index in [4.69, 9.17) is 9.47 Å². The maximum Gasteiger partial charge on any atom is 0.295 e. The van der Waals surface area contributed by atoms with Gasteiger partial charge in [0.1, 0.15) is 17.3 Å². The van der Waals surface area contributed by atoms with E-state index in [-0.39, 0.29) is 11.3 Å². The van der Waals surface area contributed by atoms with E-state index in [1.807, 2.05) is 38.1 Å². The van der Waals surface area contributed by atoms with Crippen molar-refractivity contribution < 1.29 is 24.2 Å². The van der Waals surface area contributed by atoms with Crippen molar-refractivity contribution in [2.75, 3.05) is 19.8 Å². The summed E-state index contributed by atoms with van der Waals surface area (Å²) in [5.41, 5.74) is 1.29. The molecule has 1 fully saturated rings. The highest BCUT2D eigenvalue weighted by molar-refractivity contribution is 6.46. The number of ketones is 1. The normalized spacial score (nSPS) is 17.6. The molecule has 33 heavy (non-hydrogen) atoms. The van der Waals surface area contributed by atoms with Gasteiger partial charge in [-0.05, 0) is 48.6 Å². The molecule has 1 saturated heterocycles. The minimum Gasteiger partial charge on any atom is -0.507 e. The number of hydrogen-bond acceptors (Lipinski definition) is 5. The van der Waals surface area contributed by atoms with Crippen LogP contribution in [-0.2, 0) is 9.59 Å². The molecule has 1 aliphatic rings. The first kappa shape index (κ1) is 24.4. The molecular weight excluding hydrogens is 418 g/mol. The smallest absolute Gasteiger partial charge is 0.295 e. The second-order valence-electron chi connectivity index (χ2n) is 8.64. The largest absolute Gasteiger partial charge is 0.507 e. The maximum atomic E-state index is 13.0. The van der Waals surface area contributed by atoms with E-state index in [0.29, 0.717) is 43.4 Å². The van der Waals surface area contributed by atoms with Crippen LogP contribution in [0.1, 0.15) is 57.7 Å². The zero-order chi connectivity index (χ0) is 24.0. The van der Waals surface area contributed by atoms with E-state index in [1.165, 1.54) is 4.90 Å². The Kier molecular flexibility index (Phi) is 8.15. The predicted octanol–water partition coefficient (Wildman–Crippen LogP) is 5.34. The lowest BCUT2D eigenvalue weighted by Crippen LogP contribution is -2.30. The Morgan fingerprint density at radius 2 is 1.73 bits per heavy atom. The van der Waals surface area contributed by atoms with Crippen molar-refractivity contribution in [2.45, 2.75) is 46.6 Å². The van der Waals surface area contributed by atoms with Crippen LogP contribution >= 0.6 is 0 Å². The molecule has 1 aliphatic heterocycles. The first-order valence-corrected chi connectivity index (χ1v) is 11.6. The second kappa shape index (κ2) is 11.0. The summed E-state index contributed by atoms with van der Waals surface area (Å²) in [5, 5.41) is 11.2. The molecule has 1 N–H and O–H groups in total. The van der Waals surface area contributed by atoms with Crippen LogP contribution in [0.2, 0.25) is 0 Å². The third kappa shape index (κ3) is 5.56. The average molecular weight is 452 g/mol. The van der Waals surface area contributed by atoms with Gasteiger partial charge < -0.3 is 19.5 Å². The summed E-state index contributed by atoms with van der Waals surface area (Å²) in [5.74, 6) is 0.212. The summed E-state index contributed by atoms with van der Waals surface area (Å²) >= 11 is 0. The topological polar surface area (TPSA) is 76.1 Å². The Morgan fingerprint density at radius 3 is 2.36 bits per heavy atom. The van der Waals surface area contributed by atoms with Crippen LogP contribution in [0.25, 0.3) is 5.76 Å². The average Bonchev–Trinajstić information content (AvgIpc) is 3.06. The molecule has 6 nitrogen and oxygen atoms in total. The van der Waals surface area contributed by atoms with Crippen molar-refractivity contribution >= 4 is 17.4 Å². The summed E-state index contributed by atoms with van der Waals surface area (Å²) in [7, 11) is 0. The van der Waals surface area contributed by atoms with E-state index in [2.05, 4.69) is 13.8 Å². The van der Waals surface area contributed by atoms with E-state index in [0.717, 1.165) is 17.7 Å². The molecular formula is C27H33NO5. The lowest BCUT2D eigenvalue weighted by Gasteiger charge is -2.25. The van der Waals surface area contributed by atoms with Crippen LogP contribution < -0.4 is 9.47 Å². The molecule has 6 heteroatoms. The van der Waals surface area contributed by atoms with Crippen molar-refractivity contribution in [3.8, 4) is 11.5 Å². The highest BCUT2D eigenvalue weighted by atomic mass is 16.5. The van der Waals surface area contributed by atoms with Crippen molar-refractivity contribution in [1.29, 1.82) is 0 Å². The van der Waals surface area contributed by atoms with Crippen molar-refractivity contribution in [3.63, 3.8) is 0 Å². The molecule has 0 aromatic heterocycles. The van der Waals surface area contributed by atoms with Gasteiger partial charge in [0.05, 0.1) is 24.8 Å². The fraction of sp³-hybridized carbons (Fsp3) is 0.407. The molecule has 0 radical (unpaired) electrons. The molecule has 1 unspecified atom stereocenters. The van der Waals surface area contributed by atoms with Gasteiger partial charge in [-0.2, -0.15) is 0 Å². The third-order valence-corrected chi connectivity index (χ3v) is 5.36. The number of amides is 1. The fourth-order valence-electron chi connectivity index (χ4n) is 3.82. The van der Waals surface area contributed by atoms with Gasteiger partial charge in [0.25, 0.3) is 11.7 Å². The summed E-state index contributed by atoms with van der Waals surface area (Å²) < 4.78 is 11.4. The van der Waals surface area contributed by atoms with Gasteiger partial charge in [-0.25, -0.2) is 0 Å². The minimum atomic E-state index is -0.675. The van der Waals surface area contributed by atoms with Crippen molar-refractivity contribution in [3.05, 3.63) is 65.2 Å². The third-order valence-electron chi connectivity index (χ3n) is 5.36. The number of aliphatic hydroxyl groups excluding tert-OH is 1. The van der Waals surface area contributed by atoms with Crippen LogP contribution in [0.5, 0.6) is 11.5 Å². The monoisotopic (exact) mass is 451 g/mol. The predicted molar refractivity (Wildman–Crippen MR) is 128 cm³/mol. The lowest BCUT2D eigenvalue weighted by molar-refractivity contribution is -0.139. The number of aliphatic hydroxyl groups is 1. The second-order valence-corrected chi connectivity index (χ2v) is 8.64. The van der Waals surface area contributed by atoms with Gasteiger partial charge in [-0.1, -0.05) is 52.0 Å². The maximum absolute atomic E-state index is 13.0. The van der Waals surface area contributed by atoms with Crippen LogP contribution in [0.4, 0.5) is 0 Å². The van der Waals surface area contributed by atoms with Gasteiger partial charge in [-0.15, -0.1) is 0 Å². The summed E-state index contributed by atoms with van der Waals surface area (Å²) in [6.45, 7) is 9.66. The number of hydrogen-bond donors (Lipinski definition) is 1. The number of ether oxygens (including phenoxy) is 2. The SMILES string of the molecule is CCCOc1ccc(C2/C(=C(/O)c3cccc(OCC(C)C)c3)C(=O)C(=O)N2CCC)cc1. The van der Waals surface area contributed by atoms with E-state index in [1.54, 1.807) is 24.3 Å². The number of nitrogens with zero attached hydrogens (tertiary/aromatic N) is 1. The van der Waals surface area contributed by atoms with Crippen LogP contribution in [0, 0.1) is 5.92 Å². The van der Waals surface area contributed by atoms with Crippen LogP contribution in [0.3, 0.4) is 0 Å². The Bertz CT molecular complexity index is 1010. The first-order valence-electron chi connectivity index (χ1n) is 11.6. The molecule has 3 rings (SSSR count). The Hall–Kier alpha value is -3.28. The highest BCUT2D eigenvalue weighted by Crippen LogP contribution is 2.40. The summed E-state index contributed by atoms with van der Waals surface area (Å²) in [4.78, 5) is 27.4. The molecule has 0 aliphatic carbocycles. The number of benzene rings is 2. The molecule has 0 bridgehead atoms. The van der Waals surface area contributed by atoms with E-state index in [9.17, 15) is 14.7 Å². The molecule has 2 aromatic rings. The molecule has 1 amide bonds. The first-order chi connectivity index (χ1) is 15.9. The zero-order valence-electron chi connectivity index (χ0n) is 19.8. The van der Waals surface area contributed by atoms with Gasteiger partial charge in [0, 0.05) is 12.1 Å². The Labute approximate surface area is 195 Å². The molecule has 2 aromatic carbocycles. The van der Waals surface area contributed by atoms with Gasteiger partial charge in [0.15, 0.2) is 0 Å². The lowest BCUT2D eigenvalue weighted by atomic mass is 9.95. The van der Waals surface area contributed by atoms with Crippen LogP contribution in [0.15, 0.2) is 54.1 Å². The van der Waals surface area contributed by atoms with Gasteiger partial charge in [0.2, 0.25) is 0 Å².